The van der Waals surface area contributed by atoms with Crippen LogP contribution in [0.4, 0.5) is 0 Å². The van der Waals surface area contributed by atoms with Crippen LogP contribution in [-0.4, -0.2) is 29.7 Å². The SMILES string of the molecule is N#CC1(C(O)C=O)CC2CCC1O2. The van der Waals surface area contributed by atoms with Crippen molar-refractivity contribution in [2.45, 2.75) is 37.6 Å². The molecule has 2 rings (SSSR count). The molecule has 2 bridgehead atoms. The molecule has 0 spiro atoms. The zero-order valence-electron chi connectivity index (χ0n) is 7.14. The Morgan fingerprint density at radius 1 is 1.69 bits per heavy atom. The average molecular weight is 181 g/mol. The van der Waals surface area contributed by atoms with Gasteiger partial charge in [-0.15, -0.1) is 0 Å². The number of aldehydes is 1. The van der Waals surface area contributed by atoms with E-state index in [-0.39, 0.29) is 12.2 Å². The first-order valence-corrected chi connectivity index (χ1v) is 4.43. The molecular formula is C9H11NO3. The number of carbonyl (C=O) groups is 1. The smallest absolute Gasteiger partial charge is 0.150 e. The lowest BCUT2D eigenvalue weighted by Gasteiger charge is -2.29. The molecule has 0 aliphatic carbocycles. The summed E-state index contributed by atoms with van der Waals surface area (Å²) in [5.41, 5.74) is -0.968. The first-order valence-electron chi connectivity index (χ1n) is 4.43. The number of nitriles is 1. The summed E-state index contributed by atoms with van der Waals surface area (Å²) in [6.07, 6.45) is 1.28. The number of carbonyl (C=O) groups excluding carboxylic acids is 1. The maximum atomic E-state index is 10.5. The standard InChI is InChI=1S/C9H11NO3/c10-5-9(7(12)4-11)3-6-1-2-8(9)13-6/h4,6-8,12H,1-3H2. The topological polar surface area (TPSA) is 70.3 Å². The van der Waals surface area contributed by atoms with E-state index in [1.807, 2.05) is 0 Å². The van der Waals surface area contributed by atoms with Gasteiger partial charge in [0.2, 0.25) is 0 Å². The van der Waals surface area contributed by atoms with Crippen molar-refractivity contribution in [1.29, 1.82) is 5.26 Å². The fourth-order valence-electron chi connectivity index (χ4n) is 2.36. The van der Waals surface area contributed by atoms with Gasteiger partial charge in [-0.25, -0.2) is 0 Å². The summed E-state index contributed by atoms with van der Waals surface area (Å²) in [7, 11) is 0. The maximum absolute atomic E-state index is 10.5. The highest BCUT2D eigenvalue weighted by Crippen LogP contribution is 2.48. The molecule has 0 aromatic heterocycles. The lowest BCUT2D eigenvalue weighted by atomic mass is 9.71. The van der Waals surface area contributed by atoms with Crippen LogP contribution in [0, 0.1) is 16.7 Å². The average Bonchev–Trinajstić information content (AvgIpc) is 2.75. The summed E-state index contributed by atoms with van der Waals surface area (Å²) in [4.78, 5) is 10.5. The van der Waals surface area contributed by atoms with Crippen molar-refractivity contribution in [3.63, 3.8) is 0 Å². The second-order valence-electron chi connectivity index (χ2n) is 3.76. The summed E-state index contributed by atoms with van der Waals surface area (Å²) in [5.74, 6) is 0. The van der Waals surface area contributed by atoms with Crippen molar-refractivity contribution >= 4 is 6.29 Å². The summed E-state index contributed by atoms with van der Waals surface area (Å²) in [6, 6.07) is 2.05. The van der Waals surface area contributed by atoms with E-state index in [9.17, 15) is 9.90 Å². The molecule has 0 saturated carbocycles. The number of hydrogen-bond donors (Lipinski definition) is 1. The Morgan fingerprint density at radius 2 is 2.46 bits per heavy atom. The Balaban J connectivity index is 2.28. The van der Waals surface area contributed by atoms with Gasteiger partial charge in [-0.05, 0) is 19.3 Å². The highest BCUT2D eigenvalue weighted by molar-refractivity contribution is 5.59. The zero-order chi connectivity index (χ0) is 9.47. The minimum atomic E-state index is -1.20. The Labute approximate surface area is 76.1 Å². The van der Waals surface area contributed by atoms with Crippen LogP contribution in [0.5, 0.6) is 0 Å². The number of rotatable bonds is 2. The number of aliphatic hydroxyl groups is 1. The van der Waals surface area contributed by atoms with E-state index in [4.69, 9.17) is 10.00 Å². The summed E-state index contributed by atoms with van der Waals surface area (Å²) < 4.78 is 5.46. The zero-order valence-corrected chi connectivity index (χ0v) is 7.14. The normalized spacial score (nSPS) is 44.3. The van der Waals surface area contributed by atoms with Crippen molar-refractivity contribution in [3.05, 3.63) is 0 Å². The number of aliphatic hydroxyl groups excluding tert-OH is 1. The minimum Gasteiger partial charge on any atom is -0.384 e. The predicted octanol–water partition coefficient (Wildman–Crippen LogP) is 0.00748. The third kappa shape index (κ3) is 1.01. The van der Waals surface area contributed by atoms with E-state index in [2.05, 4.69) is 6.07 Å². The van der Waals surface area contributed by atoms with Crippen LogP contribution in [0.2, 0.25) is 0 Å². The van der Waals surface area contributed by atoms with E-state index in [1.54, 1.807) is 0 Å². The summed E-state index contributed by atoms with van der Waals surface area (Å²) in [6.45, 7) is 0. The van der Waals surface area contributed by atoms with Crippen molar-refractivity contribution in [2.75, 3.05) is 0 Å². The number of hydrogen-bond acceptors (Lipinski definition) is 4. The first-order chi connectivity index (χ1) is 6.23. The molecule has 0 radical (unpaired) electrons. The van der Waals surface area contributed by atoms with Crippen LogP contribution in [-0.2, 0) is 9.53 Å². The molecule has 4 nitrogen and oxygen atoms in total. The summed E-state index contributed by atoms with van der Waals surface area (Å²) in [5, 5.41) is 18.5. The monoisotopic (exact) mass is 181 g/mol. The van der Waals surface area contributed by atoms with Crippen LogP contribution in [0.15, 0.2) is 0 Å². The molecular weight excluding hydrogens is 170 g/mol. The third-order valence-electron chi connectivity index (χ3n) is 3.11. The van der Waals surface area contributed by atoms with Gasteiger partial charge in [-0.1, -0.05) is 0 Å². The highest BCUT2D eigenvalue weighted by Gasteiger charge is 2.57. The number of ether oxygens (including phenoxy) is 1. The second-order valence-corrected chi connectivity index (χ2v) is 3.76. The van der Waals surface area contributed by atoms with Gasteiger partial charge in [-0.3, -0.25) is 0 Å². The molecule has 2 aliphatic heterocycles. The van der Waals surface area contributed by atoms with E-state index in [0.29, 0.717) is 12.7 Å². The molecule has 2 saturated heterocycles. The summed E-state index contributed by atoms with van der Waals surface area (Å²) >= 11 is 0. The molecule has 13 heavy (non-hydrogen) atoms. The van der Waals surface area contributed by atoms with Crippen LogP contribution < -0.4 is 0 Å². The van der Waals surface area contributed by atoms with Crippen molar-refractivity contribution in [3.8, 4) is 6.07 Å². The van der Waals surface area contributed by atoms with E-state index in [1.165, 1.54) is 0 Å². The quantitative estimate of drug-likeness (QED) is 0.609. The van der Waals surface area contributed by atoms with Gasteiger partial charge < -0.3 is 14.6 Å². The molecule has 1 N–H and O–H groups in total. The lowest BCUT2D eigenvalue weighted by Crippen LogP contribution is -2.43. The van der Waals surface area contributed by atoms with Gasteiger partial charge in [0.25, 0.3) is 0 Å². The fraction of sp³-hybridized carbons (Fsp3) is 0.778. The van der Waals surface area contributed by atoms with E-state index < -0.39 is 11.5 Å². The molecule has 0 aromatic carbocycles. The van der Waals surface area contributed by atoms with Gasteiger partial charge in [0.15, 0.2) is 0 Å². The van der Waals surface area contributed by atoms with E-state index in [0.717, 1.165) is 12.8 Å². The van der Waals surface area contributed by atoms with Gasteiger partial charge in [0.05, 0.1) is 18.3 Å². The van der Waals surface area contributed by atoms with Crippen molar-refractivity contribution in [2.24, 2.45) is 5.41 Å². The molecule has 4 heteroatoms. The largest absolute Gasteiger partial charge is 0.384 e. The first kappa shape index (κ1) is 8.67. The number of fused-ring (bicyclic) bond motifs is 2. The predicted molar refractivity (Wildman–Crippen MR) is 42.6 cm³/mol. The van der Waals surface area contributed by atoms with Gasteiger partial charge in [-0.2, -0.15) is 5.26 Å². The molecule has 70 valence electrons. The Bertz CT molecular complexity index is 273. The van der Waals surface area contributed by atoms with Crippen molar-refractivity contribution < 1.29 is 14.6 Å². The van der Waals surface area contributed by atoms with Gasteiger partial charge in [0.1, 0.15) is 17.8 Å². The van der Waals surface area contributed by atoms with Crippen LogP contribution >= 0.6 is 0 Å². The Morgan fingerprint density at radius 3 is 2.85 bits per heavy atom. The Kier molecular flexibility index (Phi) is 1.86. The highest BCUT2D eigenvalue weighted by atomic mass is 16.5. The maximum Gasteiger partial charge on any atom is 0.150 e. The molecule has 2 aliphatic rings. The molecule has 4 unspecified atom stereocenters. The van der Waals surface area contributed by atoms with Crippen LogP contribution in [0.3, 0.4) is 0 Å². The molecule has 2 fully saturated rings. The van der Waals surface area contributed by atoms with Crippen molar-refractivity contribution in [1.82, 2.24) is 0 Å². The number of nitrogens with zero attached hydrogens (tertiary/aromatic N) is 1. The Hall–Kier alpha value is -0.920. The molecule has 2 heterocycles. The lowest BCUT2D eigenvalue weighted by molar-refractivity contribution is -0.121. The minimum absolute atomic E-state index is 0.0687. The molecule has 0 aromatic rings. The van der Waals surface area contributed by atoms with Crippen LogP contribution in [0.1, 0.15) is 19.3 Å². The second kappa shape index (κ2) is 2.79. The molecule has 4 atom stereocenters. The fourth-order valence-corrected chi connectivity index (χ4v) is 2.36. The van der Waals surface area contributed by atoms with Gasteiger partial charge in [0, 0.05) is 0 Å². The molecule has 0 amide bonds. The third-order valence-corrected chi connectivity index (χ3v) is 3.11. The van der Waals surface area contributed by atoms with Gasteiger partial charge >= 0.3 is 0 Å². The van der Waals surface area contributed by atoms with Crippen LogP contribution in [0.25, 0.3) is 0 Å². The van der Waals surface area contributed by atoms with E-state index >= 15 is 0 Å².